The van der Waals surface area contributed by atoms with E-state index in [1.807, 2.05) is 60.7 Å². The molecule has 0 unspecified atom stereocenters. The van der Waals surface area contributed by atoms with Gasteiger partial charge in [0.2, 0.25) is 15.9 Å². The zero-order valence-electron chi connectivity index (χ0n) is 14.9. The van der Waals surface area contributed by atoms with Gasteiger partial charge in [-0.1, -0.05) is 48.5 Å². The van der Waals surface area contributed by atoms with E-state index in [1.165, 1.54) is 21.5 Å². The summed E-state index contributed by atoms with van der Waals surface area (Å²) in [7, 11) is -3.48. The number of benzene rings is 2. The van der Waals surface area contributed by atoms with Gasteiger partial charge in [0.05, 0.1) is 5.75 Å². The Balaban J connectivity index is 1.50. The third kappa shape index (κ3) is 5.69. The molecule has 0 spiro atoms. The van der Waals surface area contributed by atoms with E-state index in [-0.39, 0.29) is 5.91 Å². The predicted octanol–water partition coefficient (Wildman–Crippen LogP) is 2.92. The third-order valence-corrected chi connectivity index (χ3v) is 6.85. The van der Waals surface area contributed by atoms with Gasteiger partial charge in [-0.2, -0.15) is 4.31 Å². The first-order valence-corrected chi connectivity index (χ1v) is 11.2. The molecule has 0 bridgehead atoms. The standard InChI is InChI=1S/C20H22N2O3S2/c23-20(17-26-19-9-5-2-6-10-19)21-12-14-22(15-13-21)27(24,25)16-11-18-7-3-1-4-8-18/h1-11,16H,12-15,17H2/b16-11+. The van der Waals surface area contributed by atoms with E-state index in [9.17, 15) is 13.2 Å². The van der Waals surface area contributed by atoms with E-state index in [4.69, 9.17) is 0 Å². The van der Waals surface area contributed by atoms with E-state index in [1.54, 1.807) is 11.0 Å². The molecule has 1 heterocycles. The zero-order chi connectivity index (χ0) is 19.1. The van der Waals surface area contributed by atoms with Crippen molar-refractivity contribution in [2.45, 2.75) is 4.90 Å². The summed E-state index contributed by atoms with van der Waals surface area (Å²) in [6.45, 7) is 1.49. The van der Waals surface area contributed by atoms with E-state index >= 15 is 0 Å². The molecule has 0 atom stereocenters. The lowest BCUT2D eigenvalue weighted by Crippen LogP contribution is -2.50. The lowest BCUT2D eigenvalue weighted by Gasteiger charge is -2.33. The van der Waals surface area contributed by atoms with Gasteiger partial charge in [-0.3, -0.25) is 4.79 Å². The van der Waals surface area contributed by atoms with Crippen LogP contribution in [0.1, 0.15) is 5.56 Å². The van der Waals surface area contributed by atoms with Crippen molar-refractivity contribution < 1.29 is 13.2 Å². The van der Waals surface area contributed by atoms with Crippen LogP contribution in [0.2, 0.25) is 0 Å². The molecule has 1 saturated heterocycles. The van der Waals surface area contributed by atoms with Crippen molar-refractivity contribution in [1.82, 2.24) is 9.21 Å². The highest BCUT2D eigenvalue weighted by atomic mass is 32.2. The van der Waals surface area contributed by atoms with Crippen LogP contribution >= 0.6 is 11.8 Å². The Labute approximate surface area is 164 Å². The first-order valence-electron chi connectivity index (χ1n) is 8.73. The molecule has 1 amide bonds. The molecule has 1 fully saturated rings. The van der Waals surface area contributed by atoms with Crippen LogP contribution in [0.15, 0.2) is 71.0 Å². The Bertz CT molecular complexity index is 876. The fourth-order valence-electron chi connectivity index (χ4n) is 2.76. The molecule has 2 aromatic rings. The van der Waals surface area contributed by atoms with Crippen molar-refractivity contribution in [3.63, 3.8) is 0 Å². The van der Waals surface area contributed by atoms with E-state index in [2.05, 4.69) is 0 Å². The highest BCUT2D eigenvalue weighted by Crippen LogP contribution is 2.18. The monoisotopic (exact) mass is 402 g/mol. The fraction of sp³-hybridized carbons (Fsp3) is 0.250. The molecule has 0 aliphatic carbocycles. The molecule has 1 aliphatic rings. The Hall–Kier alpha value is -2.09. The minimum atomic E-state index is -3.48. The highest BCUT2D eigenvalue weighted by Gasteiger charge is 2.27. The summed E-state index contributed by atoms with van der Waals surface area (Å²) in [5.41, 5.74) is 0.841. The van der Waals surface area contributed by atoms with Gasteiger partial charge in [-0.05, 0) is 23.8 Å². The molecule has 0 radical (unpaired) electrons. The van der Waals surface area contributed by atoms with E-state index in [0.29, 0.717) is 31.9 Å². The smallest absolute Gasteiger partial charge is 0.236 e. The minimum absolute atomic E-state index is 0.0423. The van der Waals surface area contributed by atoms with Crippen molar-refractivity contribution >= 4 is 33.8 Å². The first kappa shape index (κ1) is 19.7. The highest BCUT2D eigenvalue weighted by molar-refractivity contribution is 8.00. The predicted molar refractivity (Wildman–Crippen MR) is 110 cm³/mol. The molecule has 5 nitrogen and oxygen atoms in total. The van der Waals surface area contributed by atoms with Crippen LogP contribution in [-0.4, -0.2) is 55.5 Å². The van der Waals surface area contributed by atoms with Gasteiger partial charge in [0.15, 0.2) is 0 Å². The summed E-state index contributed by atoms with van der Waals surface area (Å²) in [5.74, 6) is 0.408. The van der Waals surface area contributed by atoms with E-state index < -0.39 is 10.0 Å². The topological polar surface area (TPSA) is 57.7 Å². The van der Waals surface area contributed by atoms with Crippen molar-refractivity contribution in [3.8, 4) is 0 Å². The van der Waals surface area contributed by atoms with E-state index in [0.717, 1.165) is 10.5 Å². The number of carbonyl (C=O) groups excluding carboxylic acids is 1. The molecule has 3 rings (SSSR count). The van der Waals surface area contributed by atoms with Gasteiger partial charge in [0, 0.05) is 36.5 Å². The average Bonchev–Trinajstić information content (AvgIpc) is 2.72. The van der Waals surface area contributed by atoms with Gasteiger partial charge in [0.1, 0.15) is 0 Å². The summed E-state index contributed by atoms with van der Waals surface area (Å²) in [4.78, 5) is 15.2. The number of hydrogen-bond acceptors (Lipinski definition) is 4. The van der Waals surface area contributed by atoms with Gasteiger partial charge >= 0.3 is 0 Å². The first-order chi connectivity index (χ1) is 13.0. The Morgan fingerprint density at radius 2 is 1.52 bits per heavy atom. The number of amides is 1. The molecule has 7 heteroatoms. The second kappa shape index (κ2) is 9.21. The van der Waals surface area contributed by atoms with Crippen molar-refractivity contribution in [2.75, 3.05) is 31.9 Å². The number of piperazine rings is 1. The number of thioether (sulfide) groups is 1. The minimum Gasteiger partial charge on any atom is -0.339 e. The van der Waals surface area contributed by atoms with Crippen LogP contribution in [0.3, 0.4) is 0 Å². The average molecular weight is 403 g/mol. The molecule has 27 heavy (non-hydrogen) atoms. The maximum atomic E-state index is 12.5. The van der Waals surface area contributed by atoms with Crippen LogP contribution in [0.4, 0.5) is 0 Å². The van der Waals surface area contributed by atoms with Crippen LogP contribution in [0.5, 0.6) is 0 Å². The van der Waals surface area contributed by atoms with Gasteiger partial charge in [-0.25, -0.2) is 8.42 Å². The maximum absolute atomic E-state index is 12.5. The third-order valence-electron chi connectivity index (χ3n) is 4.29. The molecule has 142 valence electrons. The Kier molecular flexibility index (Phi) is 6.71. The molecule has 1 aliphatic heterocycles. The van der Waals surface area contributed by atoms with Crippen LogP contribution in [-0.2, 0) is 14.8 Å². The summed E-state index contributed by atoms with van der Waals surface area (Å²) in [5, 5.41) is 1.24. The number of rotatable bonds is 6. The normalized spacial score (nSPS) is 15.9. The number of hydrogen-bond donors (Lipinski definition) is 0. The Morgan fingerprint density at radius 3 is 2.15 bits per heavy atom. The Morgan fingerprint density at radius 1 is 0.926 bits per heavy atom. The number of nitrogens with zero attached hydrogens (tertiary/aromatic N) is 2. The largest absolute Gasteiger partial charge is 0.339 e. The SMILES string of the molecule is O=C(CSc1ccccc1)N1CCN(S(=O)(=O)/C=C/c2ccccc2)CC1. The van der Waals surface area contributed by atoms with Gasteiger partial charge in [-0.15, -0.1) is 11.8 Å². The molecule has 2 aromatic carbocycles. The summed E-state index contributed by atoms with van der Waals surface area (Å²) in [6.07, 6.45) is 1.60. The summed E-state index contributed by atoms with van der Waals surface area (Å²) in [6, 6.07) is 19.1. The van der Waals surface area contributed by atoms with Crippen LogP contribution < -0.4 is 0 Å². The maximum Gasteiger partial charge on any atom is 0.236 e. The fourth-order valence-corrected chi connectivity index (χ4v) is 4.76. The van der Waals surface area contributed by atoms with Gasteiger partial charge < -0.3 is 4.90 Å². The summed E-state index contributed by atoms with van der Waals surface area (Å²) >= 11 is 1.50. The van der Waals surface area contributed by atoms with Crippen LogP contribution in [0, 0.1) is 0 Å². The molecule has 0 N–H and O–H groups in total. The van der Waals surface area contributed by atoms with Crippen molar-refractivity contribution in [2.24, 2.45) is 0 Å². The lowest BCUT2D eigenvalue weighted by molar-refractivity contribution is -0.129. The van der Waals surface area contributed by atoms with Gasteiger partial charge in [0.25, 0.3) is 0 Å². The second-order valence-electron chi connectivity index (χ2n) is 6.14. The lowest BCUT2D eigenvalue weighted by atomic mass is 10.2. The van der Waals surface area contributed by atoms with Crippen LogP contribution in [0.25, 0.3) is 6.08 Å². The van der Waals surface area contributed by atoms with Crippen molar-refractivity contribution in [3.05, 3.63) is 71.6 Å². The zero-order valence-corrected chi connectivity index (χ0v) is 16.5. The molecule has 0 aromatic heterocycles. The summed E-state index contributed by atoms with van der Waals surface area (Å²) < 4.78 is 26.4. The van der Waals surface area contributed by atoms with Crippen molar-refractivity contribution in [1.29, 1.82) is 0 Å². The molecule has 0 saturated carbocycles. The second-order valence-corrected chi connectivity index (χ2v) is 9.01. The molecular weight excluding hydrogens is 380 g/mol. The molecular formula is C20H22N2O3S2. The number of sulfonamides is 1. The quantitative estimate of drug-likeness (QED) is 0.697. The number of carbonyl (C=O) groups is 1.